The Morgan fingerprint density at radius 3 is 2.00 bits per heavy atom. The summed E-state index contributed by atoms with van der Waals surface area (Å²) in [6.45, 7) is 1.94. The van der Waals surface area contributed by atoms with Gasteiger partial charge in [-0.1, -0.05) is 6.92 Å². The first-order valence-electron chi connectivity index (χ1n) is 5.47. The fourth-order valence-corrected chi connectivity index (χ4v) is 1.71. The maximum atomic E-state index is 11.6. The van der Waals surface area contributed by atoms with Crippen LogP contribution in [0.15, 0.2) is 18.2 Å². The molecule has 17 heavy (non-hydrogen) atoms. The topological polar surface area (TPSA) is 44.8 Å². The summed E-state index contributed by atoms with van der Waals surface area (Å²) in [5.74, 6) is 0.801. The van der Waals surface area contributed by atoms with Crippen molar-refractivity contribution >= 4 is 5.97 Å². The molecule has 0 bridgehead atoms. The van der Waals surface area contributed by atoms with E-state index in [9.17, 15) is 4.79 Å². The minimum Gasteiger partial charge on any atom is -0.497 e. The number of carbonyl (C=O) groups excluding carboxylic acids is 1. The standard InChI is InChI=1S/C13H18O4/c1-5-12(13(14)17-4)9-6-10(15-2)8-11(7-9)16-3/h6-8,12H,5H2,1-4H3. The molecule has 0 amide bonds. The minimum atomic E-state index is -0.288. The Bertz CT molecular complexity index is 365. The summed E-state index contributed by atoms with van der Waals surface area (Å²) in [7, 11) is 4.55. The lowest BCUT2D eigenvalue weighted by Gasteiger charge is -2.15. The molecule has 1 aromatic rings. The summed E-state index contributed by atoms with van der Waals surface area (Å²) >= 11 is 0. The predicted molar refractivity (Wildman–Crippen MR) is 64.6 cm³/mol. The number of methoxy groups -OCH3 is 3. The van der Waals surface area contributed by atoms with Crippen molar-refractivity contribution < 1.29 is 19.0 Å². The van der Waals surface area contributed by atoms with E-state index in [2.05, 4.69) is 0 Å². The van der Waals surface area contributed by atoms with Crippen LogP contribution in [0.3, 0.4) is 0 Å². The second-order valence-corrected chi connectivity index (χ2v) is 3.63. The van der Waals surface area contributed by atoms with Gasteiger partial charge < -0.3 is 14.2 Å². The summed E-state index contributed by atoms with van der Waals surface area (Å²) in [5.41, 5.74) is 0.843. The summed E-state index contributed by atoms with van der Waals surface area (Å²) in [4.78, 5) is 11.6. The first-order chi connectivity index (χ1) is 8.15. The van der Waals surface area contributed by atoms with Gasteiger partial charge in [-0.2, -0.15) is 0 Å². The quantitative estimate of drug-likeness (QED) is 0.739. The van der Waals surface area contributed by atoms with E-state index in [1.165, 1.54) is 7.11 Å². The number of esters is 1. The molecule has 0 aromatic heterocycles. The Morgan fingerprint density at radius 2 is 1.65 bits per heavy atom. The number of carbonyl (C=O) groups is 1. The second kappa shape index (κ2) is 6.13. The molecule has 4 heteroatoms. The Kier molecular flexibility index (Phi) is 4.82. The molecule has 1 aromatic carbocycles. The average molecular weight is 238 g/mol. The molecule has 94 valence electrons. The molecule has 0 saturated heterocycles. The molecule has 0 aliphatic heterocycles. The van der Waals surface area contributed by atoms with Gasteiger partial charge in [-0.3, -0.25) is 4.79 Å². The monoisotopic (exact) mass is 238 g/mol. The van der Waals surface area contributed by atoms with Gasteiger partial charge in [0, 0.05) is 6.07 Å². The third-order valence-electron chi connectivity index (χ3n) is 2.67. The van der Waals surface area contributed by atoms with Crippen LogP contribution < -0.4 is 9.47 Å². The number of benzene rings is 1. The highest BCUT2D eigenvalue weighted by molar-refractivity contribution is 5.78. The van der Waals surface area contributed by atoms with Crippen LogP contribution in [0, 0.1) is 0 Å². The van der Waals surface area contributed by atoms with Crippen molar-refractivity contribution in [1.29, 1.82) is 0 Å². The molecule has 0 aliphatic carbocycles. The van der Waals surface area contributed by atoms with Crippen LogP contribution in [0.5, 0.6) is 11.5 Å². The van der Waals surface area contributed by atoms with Crippen LogP contribution in [0.4, 0.5) is 0 Å². The smallest absolute Gasteiger partial charge is 0.313 e. The molecule has 0 saturated carbocycles. The van der Waals surface area contributed by atoms with Crippen LogP contribution in [-0.2, 0) is 9.53 Å². The predicted octanol–water partition coefficient (Wildman–Crippen LogP) is 2.37. The van der Waals surface area contributed by atoms with Gasteiger partial charge in [-0.05, 0) is 24.1 Å². The Labute approximate surface area is 101 Å². The lowest BCUT2D eigenvalue weighted by Crippen LogP contribution is -2.13. The van der Waals surface area contributed by atoms with Crippen LogP contribution in [0.1, 0.15) is 24.8 Å². The van der Waals surface area contributed by atoms with E-state index in [1.807, 2.05) is 19.1 Å². The zero-order valence-corrected chi connectivity index (χ0v) is 10.6. The lowest BCUT2D eigenvalue weighted by atomic mass is 9.96. The van der Waals surface area contributed by atoms with Gasteiger partial charge >= 0.3 is 5.97 Å². The van der Waals surface area contributed by atoms with Crippen LogP contribution in [0.2, 0.25) is 0 Å². The van der Waals surface area contributed by atoms with Crippen molar-refractivity contribution in [3.05, 3.63) is 23.8 Å². The van der Waals surface area contributed by atoms with Crippen molar-refractivity contribution in [2.45, 2.75) is 19.3 Å². The molecule has 4 nitrogen and oxygen atoms in total. The highest BCUT2D eigenvalue weighted by atomic mass is 16.5. The Hall–Kier alpha value is -1.71. The second-order valence-electron chi connectivity index (χ2n) is 3.63. The van der Waals surface area contributed by atoms with Crippen molar-refractivity contribution in [2.75, 3.05) is 21.3 Å². The summed E-state index contributed by atoms with van der Waals surface area (Å²) in [5, 5.41) is 0. The van der Waals surface area contributed by atoms with Crippen molar-refractivity contribution in [2.24, 2.45) is 0 Å². The number of hydrogen-bond acceptors (Lipinski definition) is 4. The van der Waals surface area contributed by atoms with E-state index in [0.29, 0.717) is 17.9 Å². The summed E-state index contributed by atoms with van der Waals surface area (Å²) in [6.07, 6.45) is 0.670. The van der Waals surface area contributed by atoms with Gasteiger partial charge in [0.25, 0.3) is 0 Å². The number of hydrogen-bond donors (Lipinski definition) is 0. The molecule has 0 fully saturated rings. The molecule has 1 rings (SSSR count). The molecule has 0 spiro atoms. The van der Waals surface area contributed by atoms with Gasteiger partial charge in [0.15, 0.2) is 0 Å². The zero-order valence-electron chi connectivity index (χ0n) is 10.6. The molecule has 0 aliphatic rings. The lowest BCUT2D eigenvalue weighted by molar-refractivity contribution is -0.142. The van der Waals surface area contributed by atoms with Crippen molar-refractivity contribution in [3.63, 3.8) is 0 Å². The van der Waals surface area contributed by atoms with Crippen LogP contribution in [-0.4, -0.2) is 27.3 Å². The van der Waals surface area contributed by atoms with E-state index in [1.54, 1.807) is 20.3 Å². The SMILES string of the molecule is CCC(C(=O)OC)c1cc(OC)cc(OC)c1. The van der Waals surface area contributed by atoms with E-state index in [0.717, 1.165) is 5.56 Å². The average Bonchev–Trinajstić information content (AvgIpc) is 2.38. The fraction of sp³-hybridized carbons (Fsp3) is 0.462. The van der Waals surface area contributed by atoms with E-state index >= 15 is 0 Å². The molecular weight excluding hydrogens is 220 g/mol. The maximum absolute atomic E-state index is 11.6. The number of rotatable bonds is 5. The minimum absolute atomic E-state index is 0.247. The zero-order chi connectivity index (χ0) is 12.8. The fourth-order valence-electron chi connectivity index (χ4n) is 1.71. The molecule has 0 N–H and O–H groups in total. The van der Waals surface area contributed by atoms with Gasteiger partial charge in [0.1, 0.15) is 11.5 Å². The van der Waals surface area contributed by atoms with Crippen molar-refractivity contribution in [3.8, 4) is 11.5 Å². The third kappa shape index (κ3) is 3.12. The molecule has 1 atom stereocenters. The van der Waals surface area contributed by atoms with Crippen molar-refractivity contribution in [1.82, 2.24) is 0 Å². The molecule has 0 radical (unpaired) electrons. The van der Waals surface area contributed by atoms with Gasteiger partial charge in [0.05, 0.1) is 27.2 Å². The van der Waals surface area contributed by atoms with Crippen LogP contribution >= 0.6 is 0 Å². The van der Waals surface area contributed by atoms with E-state index < -0.39 is 0 Å². The highest BCUT2D eigenvalue weighted by Gasteiger charge is 2.20. The highest BCUT2D eigenvalue weighted by Crippen LogP contribution is 2.29. The third-order valence-corrected chi connectivity index (χ3v) is 2.67. The first kappa shape index (κ1) is 13.4. The van der Waals surface area contributed by atoms with Gasteiger partial charge in [-0.15, -0.1) is 0 Å². The Balaban J connectivity index is 3.13. The first-order valence-corrected chi connectivity index (χ1v) is 5.47. The molecule has 1 unspecified atom stereocenters. The maximum Gasteiger partial charge on any atom is 0.313 e. The summed E-state index contributed by atoms with van der Waals surface area (Å²) in [6, 6.07) is 5.43. The number of ether oxygens (including phenoxy) is 3. The largest absolute Gasteiger partial charge is 0.497 e. The van der Waals surface area contributed by atoms with Crippen LogP contribution in [0.25, 0.3) is 0 Å². The summed E-state index contributed by atoms with van der Waals surface area (Å²) < 4.78 is 15.1. The van der Waals surface area contributed by atoms with Gasteiger partial charge in [0.2, 0.25) is 0 Å². The van der Waals surface area contributed by atoms with E-state index in [4.69, 9.17) is 14.2 Å². The van der Waals surface area contributed by atoms with Gasteiger partial charge in [-0.25, -0.2) is 0 Å². The Morgan fingerprint density at radius 1 is 1.12 bits per heavy atom. The molecular formula is C13H18O4. The normalized spacial score (nSPS) is 11.8. The van der Waals surface area contributed by atoms with E-state index in [-0.39, 0.29) is 11.9 Å². The molecule has 0 heterocycles.